The summed E-state index contributed by atoms with van der Waals surface area (Å²) in [5.41, 5.74) is 2.73. The lowest BCUT2D eigenvalue weighted by Crippen LogP contribution is -2.46. The number of amides is 1. The summed E-state index contributed by atoms with van der Waals surface area (Å²) in [7, 11) is 0. The summed E-state index contributed by atoms with van der Waals surface area (Å²) in [5, 5.41) is 21.0. The number of nitrogens with one attached hydrogen (secondary N) is 2. The van der Waals surface area contributed by atoms with Crippen molar-refractivity contribution < 1.29 is 19.7 Å². The van der Waals surface area contributed by atoms with Crippen LogP contribution >= 0.6 is 0 Å². The van der Waals surface area contributed by atoms with Crippen molar-refractivity contribution in [2.45, 2.75) is 18.4 Å². The number of hydrogen-bond acceptors (Lipinski definition) is 4. The average Bonchev–Trinajstić information content (AvgIpc) is 3.37. The maximum Gasteiger partial charge on any atom is 0.405 e. The van der Waals surface area contributed by atoms with Gasteiger partial charge in [0.05, 0.1) is 25.1 Å². The highest BCUT2D eigenvalue weighted by atomic mass is 16.5. The molecule has 0 saturated carbocycles. The first-order valence-corrected chi connectivity index (χ1v) is 11.0. The van der Waals surface area contributed by atoms with Gasteiger partial charge in [0.2, 0.25) is 0 Å². The highest BCUT2D eigenvalue weighted by molar-refractivity contribution is 5.66. The third-order valence-corrected chi connectivity index (χ3v) is 5.78. The Morgan fingerprint density at radius 2 is 1.59 bits per heavy atom. The lowest BCUT2D eigenvalue weighted by atomic mass is 9.92. The Morgan fingerprint density at radius 3 is 2.12 bits per heavy atom. The molecule has 0 radical (unpaired) electrons. The molecular formula is C27H27N3O4. The normalized spacial score (nSPS) is 12.8. The van der Waals surface area contributed by atoms with Crippen molar-refractivity contribution in [3.05, 3.63) is 108 Å². The minimum absolute atomic E-state index is 0.107. The Bertz CT molecular complexity index is 1170. The smallest absolute Gasteiger partial charge is 0.405 e. The molecular weight excluding hydrogens is 430 g/mol. The van der Waals surface area contributed by atoms with Crippen molar-refractivity contribution in [2.75, 3.05) is 13.2 Å². The van der Waals surface area contributed by atoms with E-state index in [0.717, 1.165) is 11.3 Å². The van der Waals surface area contributed by atoms with E-state index in [0.29, 0.717) is 18.1 Å². The van der Waals surface area contributed by atoms with E-state index in [9.17, 15) is 9.90 Å². The molecule has 174 valence electrons. The molecule has 4 aromatic rings. The molecule has 0 aliphatic carbocycles. The van der Waals surface area contributed by atoms with Crippen LogP contribution < -0.4 is 10.1 Å². The zero-order valence-electron chi connectivity index (χ0n) is 18.8. The molecule has 34 heavy (non-hydrogen) atoms. The van der Waals surface area contributed by atoms with Gasteiger partial charge in [-0.1, -0.05) is 60.7 Å². The second-order valence-electron chi connectivity index (χ2n) is 8.28. The maximum absolute atomic E-state index is 11.1. The van der Waals surface area contributed by atoms with Crippen molar-refractivity contribution in [3.63, 3.8) is 0 Å². The quantitative estimate of drug-likeness (QED) is 0.290. The van der Waals surface area contributed by atoms with Crippen LogP contribution in [0.15, 0.2) is 91.1 Å². The summed E-state index contributed by atoms with van der Waals surface area (Å²) in [6, 6.07) is 28.2. The number of nitrogens with zero attached hydrogens (tertiary/aromatic N) is 1. The average molecular weight is 458 g/mol. The lowest BCUT2D eigenvalue weighted by molar-refractivity contribution is 0.142. The number of aliphatic hydroxyl groups excluding tert-OH is 1. The van der Waals surface area contributed by atoms with Gasteiger partial charge in [0.25, 0.3) is 0 Å². The van der Waals surface area contributed by atoms with Crippen LogP contribution in [-0.4, -0.2) is 39.5 Å². The molecule has 0 fully saturated rings. The molecule has 1 atom stereocenters. The van der Waals surface area contributed by atoms with Gasteiger partial charge in [-0.2, -0.15) is 0 Å². The van der Waals surface area contributed by atoms with Crippen LogP contribution in [0.1, 0.15) is 29.8 Å². The highest BCUT2D eigenvalue weighted by Gasteiger charge is 2.31. The number of H-pyrrole nitrogens is 1. The van der Waals surface area contributed by atoms with Gasteiger partial charge in [0.1, 0.15) is 17.1 Å². The van der Waals surface area contributed by atoms with E-state index >= 15 is 0 Å². The van der Waals surface area contributed by atoms with E-state index in [2.05, 4.69) is 39.6 Å². The van der Waals surface area contributed by atoms with Gasteiger partial charge in [-0.25, -0.2) is 9.78 Å². The van der Waals surface area contributed by atoms with E-state index in [-0.39, 0.29) is 5.92 Å². The van der Waals surface area contributed by atoms with E-state index in [1.807, 2.05) is 60.7 Å². The SMILES string of the molecule is CC(CO)(NC(=O)O)c1ncc(-c2ccc(OCC(c3ccccc3)c3ccccc3)cc2)[nH]1. The second-order valence-corrected chi connectivity index (χ2v) is 8.28. The molecule has 1 heterocycles. The number of carboxylic acid groups (broad SMARTS) is 1. The fourth-order valence-electron chi connectivity index (χ4n) is 3.82. The number of carbonyl (C=O) groups is 1. The monoisotopic (exact) mass is 457 g/mol. The van der Waals surface area contributed by atoms with Gasteiger partial charge in [-0.15, -0.1) is 0 Å². The second kappa shape index (κ2) is 10.2. The summed E-state index contributed by atoms with van der Waals surface area (Å²) in [5.74, 6) is 1.18. The summed E-state index contributed by atoms with van der Waals surface area (Å²) in [4.78, 5) is 18.4. The van der Waals surface area contributed by atoms with Crippen LogP contribution in [0.3, 0.4) is 0 Å². The van der Waals surface area contributed by atoms with E-state index < -0.39 is 18.2 Å². The van der Waals surface area contributed by atoms with Crippen LogP contribution in [-0.2, 0) is 5.54 Å². The summed E-state index contributed by atoms with van der Waals surface area (Å²) < 4.78 is 6.15. The number of ether oxygens (including phenoxy) is 1. The minimum atomic E-state index is -1.24. The van der Waals surface area contributed by atoms with Crippen LogP contribution in [0.2, 0.25) is 0 Å². The van der Waals surface area contributed by atoms with Gasteiger partial charge >= 0.3 is 6.09 Å². The van der Waals surface area contributed by atoms with Crippen molar-refractivity contribution in [1.82, 2.24) is 15.3 Å². The fourth-order valence-corrected chi connectivity index (χ4v) is 3.82. The Kier molecular flexibility index (Phi) is 6.94. The van der Waals surface area contributed by atoms with Gasteiger partial charge in [0, 0.05) is 5.92 Å². The number of aromatic amines is 1. The Labute approximate surface area is 198 Å². The van der Waals surface area contributed by atoms with Gasteiger partial charge in [-0.3, -0.25) is 0 Å². The fraction of sp³-hybridized carbons (Fsp3) is 0.185. The predicted octanol–water partition coefficient (Wildman–Crippen LogP) is 4.76. The van der Waals surface area contributed by atoms with Crippen LogP contribution in [0.25, 0.3) is 11.3 Å². The molecule has 7 heteroatoms. The van der Waals surface area contributed by atoms with Gasteiger partial charge < -0.3 is 25.3 Å². The third kappa shape index (κ3) is 5.27. The molecule has 4 rings (SSSR count). The molecule has 0 bridgehead atoms. The number of aliphatic hydroxyl groups is 1. The molecule has 7 nitrogen and oxygen atoms in total. The van der Waals surface area contributed by atoms with E-state index in [4.69, 9.17) is 9.84 Å². The summed E-state index contributed by atoms with van der Waals surface area (Å²) in [6.45, 7) is 1.64. The third-order valence-electron chi connectivity index (χ3n) is 5.78. The summed E-state index contributed by atoms with van der Waals surface area (Å²) >= 11 is 0. The first-order valence-electron chi connectivity index (χ1n) is 11.0. The van der Waals surface area contributed by atoms with Crippen LogP contribution in [0.5, 0.6) is 5.75 Å². The minimum Gasteiger partial charge on any atom is -0.493 e. The van der Waals surface area contributed by atoms with Crippen molar-refractivity contribution in [3.8, 4) is 17.0 Å². The Hall–Kier alpha value is -4.10. The Balaban J connectivity index is 1.48. The van der Waals surface area contributed by atoms with Crippen LogP contribution in [0, 0.1) is 0 Å². The van der Waals surface area contributed by atoms with Crippen molar-refractivity contribution in [1.29, 1.82) is 0 Å². The number of hydrogen-bond donors (Lipinski definition) is 4. The van der Waals surface area contributed by atoms with Gasteiger partial charge in [-0.05, 0) is 47.9 Å². The van der Waals surface area contributed by atoms with Crippen LogP contribution in [0.4, 0.5) is 4.79 Å². The molecule has 1 unspecified atom stereocenters. The molecule has 0 spiro atoms. The molecule has 1 aromatic heterocycles. The van der Waals surface area contributed by atoms with Gasteiger partial charge in [0.15, 0.2) is 0 Å². The largest absolute Gasteiger partial charge is 0.493 e. The zero-order chi connectivity index (χ0) is 24.0. The first-order chi connectivity index (χ1) is 16.5. The molecule has 0 aliphatic rings. The molecule has 3 aromatic carbocycles. The van der Waals surface area contributed by atoms with Crippen molar-refractivity contribution in [2.24, 2.45) is 0 Å². The predicted molar refractivity (Wildman–Crippen MR) is 130 cm³/mol. The molecule has 1 amide bonds. The van der Waals surface area contributed by atoms with E-state index in [1.54, 1.807) is 13.1 Å². The number of benzene rings is 3. The molecule has 4 N–H and O–H groups in total. The zero-order valence-corrected chi connectivity index (χ0v) is 18.8. The maximum atomic E-state index is 11.1. The Morgan fingerprint density at radius 1 is 1.00 bits per heavy atom. The molecule has 0 aliphatic heterocycles. The number of aromatic nitrogens is 2. The topological polar surface area (TPSA) is 107 Å². The summed E-state index contributed by atoms with van der Waals surface area (Å²) in [6.07, 6.45) is 0.379. The number of imidazole rings is 1. The molecule has 0 saturated heterocycles. The van der Waals surface area contributed by atoms with E-state index in [1.165, 1.54) is 11.1 Å². The lowest BCUT2D eigenvalue weighted by Gasteiger charge is -2.24. The standard InChI is InChI=1S/C27H27N3O4/c1-27(18-31,30-26(32)33)25-28-16-24(29-25)21-12-14-22(15-13-21)34-17-23(19-8-4-2-5-9-19)20-10-6-3-7-11-20/h2-16,23,30-31H,17-18H2,1H3,(H,28,29)(H,32,33). The number of rotatable bonds is 9. The van der Waals surface area contributed by atoms with Crippen molar-refractivity contribution >= 4 is 6.09 Å². The first kappa shape index (κ1) is 23.1. The highest BCUT2D eigenvalue weighted by Crippen LogP contribution is 2.28.